The summed E-state index contributed by atoms with van der Waals surface area (Å²) in [5, 5.41) is 0. The minimum Gasteiger partial charge on any atom is -0.327 e. The molecule has 3 unspecified atom stereocenters. The molecule has 1 aliphatic carbocycles. The van der Waals surface area contributed by atoms with Crippen LogP contribution in [0.2, 0.25) is 0 Å². The van der Waals surface area contributed by atoms with Crippen molar-refractivity contribution in [2.75, 3.05) is 19.6 Å². The molecule has 2 fully saturated rings. The number of hydrogen-bond acceptors (Lipinski definition) is 2. The normalized spacial score (nSPS) is 35.1. The lowest BCUT2D eigenvalue weighted by Gasteiger charge is -2.39. The van der Waals surface area contributed by atoms with Gasteiger partial charge in [-0.15, -0.1) is 0 Å². The van der Waals surface area contributed by atoms with Crippen LogP contribution in [0, 0.1) is 17.8 Å². The molecule has 0 radical (unpaired) electrons. The van der Waals surface area contributed by atoms with Crippen molar-refractivity contribution in [3.63, 3.8) is 0 Å². The monoisotopic (exact) mass is 266 g/mol. The maximum absolute atomic E-state index is 6.40. The fourth-order valence-corrected chi connectivity index (χ4v) is 3.97. The van der Waals surface area contributed by atoms with E-state index in [2.05, 4.69) is 18.7 Å². The molecule has 1 saturated carbocycles. The van der Waals surface area contributed by atoms with E-state index in [0.717, 1.165) is 17.8 Å². The summed E-state index contributed by atoms with van der Waals surface area (Å²) in [5.74, 6) is 2.50. The van der Waals surface area contributed by atoms with Gasteiger partial charge in [0.15, 0.2) is 0 Å². The van der Waals surface area contributed by atoms with E-state index in [1.165, 1.54) is 71.0 Å². The third kappa shape index (κ3) is 4.75. The minimum absolute atomic E-state index is 0.459. The van der Waals surface area contributed by atoms with Crippen molar-refractivity contribution in [2.45, 2.75) is 71.3 Å². The van der Waals surface area contributed by atoms with E-state index >= 15 is 0 Å². The molecule has 1 heterocycles. The number of nitrogens with two attached hydrogens (primary N) is 1. The molecule has 2 N–H and O–H groups in total. The van der Waals surface area contributed by atoms with E-state index in [1.807, 2.05) is 0 Å². The lowest BCUT2D eigenvalue weighted by atomic mass is 9.73. The molecular weight excluding hydrogens is 232 g/mol. The Kier molecular flexibility index (Phi) is 6.15. The first-order valence-corrected chi connectivity index (χ1v) is 8.64. The molecule has 0 amide bonds. The van der Waals surface area contributed by atoms with Crippen molar-refractivity contribution >= 4 is 0 Å². The zero-order valence-corrected chi connectivity index (χ0v) is 13.1. The Labute approximate surface area is 120 Å². The predicted octanol–water partition coefficient (Wildman–Crippen LogP) is 3.65. The van der Waals surface area contributed by atoms with Crippen LogP contribution in [0.5, 0.6) is 0 Å². The van der Waals surface area contributed by atoms with Crippen LogP contribution < -0.4 is 5.73 Å². The first kappa shape index (κ1) is 15.3. The molecule has 1 saturated heterocycles. The van der Waals surface area contributed by atoms with Crippen LogP contribution in [0.15, 0.2) is 0 Å². The zero-order valence-electron chi connectivity index (χ0n) is 13.1. The maximum atomic E-state index is 6.40. The van der Waals surface area contributed by atoms with Crippen LogP contribution >= 0.6 is 0 Å². The second-order valence-corrected chi connectivity index (χ2v) is 7.31. The Morgan fingerprint density at radius 3 is 2.26 bits per heavy atom. The Hall–Kier alpha value is -0.0800. The molecule has 1 aliphatic heterocycles. The van der Waals surface area contributed by atoms with Crippen molar-refractivity contribution in [2.24, 2.45) is 23.5 Å². The number of hydrogen-bond donors (Lipinski definition) is 1. The highest BCUT2D eigenvalue weighted by Crippen LogP contribution is 2.33. The average molecular weight is 266 g/mol. The van der Waals surface area contributed by atoms with Gasteiger partial charge in [-0.1, -0.05) is 33.1 Å². The predicted molar refractivity (Wildman–Crippen MR) is 83.2 cm³/mol. The van der Waals surface area contributed by atoms with E-state index in [9.17, 15) is 0 Å². The Morgan fingerprint density at radius 2 is 1.63 bits per heavy atom. The summed E-state index contributed by atoms with van der Waals surface area (Å²) in [6.07, 6.45) is 11.1. The lowest BCUT2D eigenvalue weighted by Crippen LogP contribution is -2.44. The van der Waals surface area contributed by atoms with Crippen LogP contribution in [-0.2, 0) is 0 Å². The van der Waals surface area contributed by atoms with Crippen molar-refractivity contribution in [3.05, 3.63) is 0 Å². The van der Waals surface area contributed by atoms with Crippen LogP contribution in [0.1, 0.15) is 65.2 Å². The molecule has 3 atom stereocenters. The quantitative estimate of drug-likeness (QED) is 0.845. The van der Waals surface area contributed by atoms with E-state index in [4.69, 9.17) is 5.73 Å². The Bertz CT molecular complexity index is 244. The molecule has 112 valence electrons. The lowest BCUT2D eigenvalue weighted by molar-refractivity contribution is 0.131. The number of likely N-dealkylation sites (tertiary alicyclic amines) is 1. The van der Waals surface area contributed by atoms with Gasteiger partial charge >= 0.3 is 0 Å². The molecule has 19 heavy (non-hydrogen) atoms. The van der Waals surface area contributed by atoms with E-state index in [-0.39, 0.29) is 0 Å². The highest BCUT2D eigenvalue weighted by Gasteiger charge is 2.30. The smallest absolute Gasteiger partial charge is 0.00795 e. The second-order valence-electron chi connectivity index (χ2n) is 7.31. The van der Waals surface area contributed by atoms with Gasteiger partial charge in [0.1, 0.15) is 0 Å². The van der Waals surface area contributed by atoms with Gasteiger partial charge in [0.25, 0.3) is 0 Å². The summed E-state index contributed by atoms with van der Waals surface area (Å²) in [5.41, 5.74) is 6.40. The molecule has 0 aromatic heterocycles. The van der Waals surface area contributed by atoms with Crippen molar-refractivity contribution in [1.29, 1.82) is 0 Å². The second kappa shape index (κ2) is 7.64. The molecule has 2 aliphatic rings. The largest absolute Gasteiger partial charge is 0.327 e. The van der Waals surface area contributed by atoms with Crippen LogP contribution in [-0.4, -0.2) is 30.6 Å². The molecular formula is C17H34N2. The summed E-state index contributed by atoms with van der Waals surface area (Å²) in [6.45, 7) is 8.67. The van der Waals surface area contributed by atoms with Crippen LogP contribution in [0.25, 0.3) is 0 Å². The molecule has 0 bridgehead atoms. The summed E-state index contributed by atoms with van der Waals surface area (Å²) >= 11 is 0. The van der Waals surface area contributed by atoms with Gasteiger partial charge < -0.3 is 10.6 Å². The molecule has 0 aromatic carbocycles. The zero-order chi connectivity index (χ0) is 13.7. The van der Waals surface area contributed by atoms with Gasteiger partial charge in [-0.05, 0) is 62.9 Å². The van der Waals surface area contributed by atoms with Gasteiger partial charge in [-0.2, -0.15) is 0 Å². The molecule has 2 nitrogen and oxygen atoms in total. The van der Waals surface area contributed by atoms with Gasteiger partial charge in [-0.25, -0.2) is 0 Å². The first-order chi connectivity index (χ1) is 9.16. The van der Waals surface area contributed by atoms with Crippen molar-refractivity contribution < 1.29 is 0 Å². The first-order valence-electron chi connectivity index (χ1n) is 8.64. The summed E-state index contributed by atoms with van der Waals surface area (Å²) in [6, 6.07) is 0.459. The molecule has 2 heteroatoms. The average Bonchev–Trinajstić information content (AvgIpc) is 2.34. The van der Waals surface area contributed by atoms with Crippen molar-refractivity contribution in [1.82, 2.24) is 4.90 Å². The third-order valence-corrected chi connectivity index (χ3v) is 5.47. The summed E-state index contributed by atoms with van der Waals surface area (Å²) < 4.78 is 0. The molecule has 2 rings (SSSR count). The van der Waals surface area contributed by atoms with Crippen LogP contribution in [0.3, 0.4) is 0 Å². The molecule has 0 spiro atoms. The van der Waals surface area contributed by atoms with Gasteiger partial charge in [-0.3, -0.25) is 0 Å². The van der Waals surface area contributed by atoms with Crippen LogP contribution in [0.4, 0.5) is 0 Å². The highest BCUT2D eigenvalue weighted by atomic mass is 15.1. The number of nitrogens with zero attached hydrogens (tertiary/aromatic N) is 1. The van der Waals surface area contributed by atoms with E-state index in [0.29, 0.717) is 6.04 Å². The van der Waals surface area contributed by atoms with Gasteiger partial charge in [0.05, 0.1) is 0 Å². The molecule has 0 aromatic rings. The topological polar surface area (TPSA) is 29.3 Å². The maximum Gasteiger partial charge on any atom is 0.00795 e. The van der Waals surface area contributed by atoms with Gasteiger partial charge in [0, 0.05) is 12.6 Å². The Balaban J connectivity index is 1.84. The summed E-state index contributed by atoms with van der Waals surface area (Å²) in [7, 11) is 0. The van der Waals surface area contributed by atoms with E-state index in [1.54, 1.807) is 0 Å². The van der Waals surface area contributed by atoms with Gasteiger partial charge in [0.2, 0.25) is 0 Å². The fraction of sp³-hybridized carbons (Fsp3) is 1.00. The fourth-order valence-electron chi connectivity index (χ4n) is 3.97. The number of rotatable bonds is 3. The third-order valence-electron chi connectivity index (χ3n) is 5.47. The highest BCUT2D eigenvalue weighted by molar-refractivity contribution is 4.85. The van der Waals surface area contributed by atoms with E-state index < -0.39 is 0 Å². The standard InChI is InChI=1S/C17H34N2/c1-14(2)15-8-9-17(18)16(12-15)13-19-10-6-4-3-5-7-11-19/h14-17H,3-13,18H2,1-2H3. The summed E-state index contributed by atoms with van der Waals surface area (Å²) in [4.78, 5) is 2.71. The SMILES string of the molecule is CC(C)C1CCC(N)C(CN2CCCCCCC2)C1. The minimum atomic E-state index is 0.459. The van der Waals surface area contributed by atoms with Crippen molar-refractivity contribution in [3.8, 4) is 0 Å². The Morgan fingerprint density at radius 1 is 1.00 bits per heavy atom.